The van der Waals surface area contributed by atoms with Crippen molar-refractivity contribution in [1.29, 1.82) is 0 Å². The second kappa shape index (κ2) is 6.34. The zero-order valence-corrected chi connectivity index (χ0v) is 12.8. The molecular weight excluding hydrogens is 292 g/mol. The highest BCUT2D eigenvalue weighted by Crippen LogP contribution is 2.18. The molecule has 0 radical (unpaired) electrons. The molecule has 0 heterocycles. The van der Waals surface area contributed by atoms with E-state index in [4.69, 9.17) is 5.73 Å². The molecular formula is C14H21BrN2O. The Balaban J connectivity index is 2.61. The molecule has 0 fully saturated rings. The maximum atomic E-state index is 12.0. The minimum atomic E-state index is -0.0261. The molecule has 0 saturated carbocycles. The first kappa shape index (κ1) is 15.2. The van der Waals surface area contributed by atoms with Crippen molar-refractivity contribution in [2.45, 2.75) is 33.2 Å². The van der Waals surface area contributed by atoms with Crippen molar-refractivity contribution in [3.8, 4) is 0 Å². The summed E-state index contributed by atoms with van der Waals surface area (Å²) in [5.41, 5.74) is 6.67. The average molecular weight is 313 g/mol. The smallest absolute Gasteiger partial charge is 0.224 e. The third-order valence-corrected chi connectivity index (χ3v) is 3.36. The Morgan fingerprint density at radius 1 is 1.44 bits per heavy atom. The van der Waals surface area contributed by atoms with Crippen LogP contribution in [0.3, 0.4) is 0 Å². The molecule has 1 aromatic rings. The van der Waals surface area contributed by atoms with E-state index in [2.05, 4.69) is 42.0 Å². The Morgan fingerprint density at radius 2 is 2.11 bits per heavy atom. The lowest BCUT2D eigenvalue weighted by molar-refractivity contribution is -0.121. The summed E-state index contributed by atoms with van der Waals surface area (Å²) in [4.78, 5) is 12.0. The molecule has 0 saturated heterocycles. The summed E-state index contributed by atoms with van der Waals surface area (Å²) in [6, 6.07) is 7.76. The third kappa shape index (κ3) is 4.78. The van der Waals surface area contributed by atoms with Crippen LogP contribution in [0.2, 0.25) is 0 Å². The molecule has 4 heteroatoms. The molecule has 1 amide bonds. The van der Waals surface area contributed by atoms with Gasteiger partial charge >= 0.3 is 0 Å². The topological polar surface area (TPSA) is 55.1 Å². The maximum absolute atomic E-state index is 12.0. The molecule has 1 rings (SSSR count). The largest absolute Gasteiger partial charge is 0.351 e. The van der Waals surface area contributed by atoms with Crippen LogP contribution in [-0.4, -0.2) is 18.5 Å². The van der Waals surface area contributed by atoms with E-state index in [1.165, 1.54) is 0 Å². The highest BCUT2D eigenvalue weighted by atomic mass is 79.9. The summed E-state index contributed by atoms with van der Waals surface area (Å²) in [6.45, 7) is 6.67. The first-order valence-corrected chi connectivity index (χ1v) is 6.86. The van der Waals surface area contributed by atoms with Crippen molar-refractivity contribution in [1.82, 2.24) is 5.32 Å². The van der Waals surface area contributed by atoms with Gasteiger partial charge in [-0.3, -0.25) is 4.79 Å². The molecule has 0 spiro atoms. The SMILES string of the molecule is CC(C)(C)C(CN)NC(=O)Cc1cccc(Br)c1. The molecule has 0 aliphatic heterocycles. The van der Waals surface area contributed by atoms with Gasteiger partial charge in [0.1, 0.15) is 0 Å². The quantitative estimate of drug-likeness (QED) is 0.897. The molecule has 0 aromatic heterocycles. The number of carbonyl (C=O) groups excluding carboxylic acids is 1. The van der Waals surface area contributed by atoms with Gasteiger partial charge in [-0.25, -0.2) is 0 Å². The lowest BCUT2D eigenvalue weighted by Gasteiger charge is -2.30. The summed E-state index contributed by atoms with van der Waals surface area (Å²) in [5, 5.41) is 3.00. The summed E-state index contributed by atoms with van der Waals surface area (Å²) in [7, 11) is 0. The van der Waals surface area contributed by atoms with Gasteiger partial charge in [-0.1, -0.05) is 48.8 Å². The molecule has 18 heavy (non-hydrogen) atoms. The Bertz CT molecular complexity index is 413. The Morgan fingerprint density at radius 3 is 2.61 bits per heavy atom. The van der Waals surface area contributed by atoms with Crippen molar-refractivity contribution < 1.29 is 4.79 Å². The number of nitrogens with one attached hydrogen (secondary N) is 1. The number of rotatable bonds is 4. The zero-order valence-electron chi connectivity index (χ0n) is 11.2. The van der Waals surface area contributed by atoms with E-state index in [9.17, 15) is 4.79 Å². The van der Waals surface area contributed by atoms with Crippen LogP contribution in [0.4, 0.5) is 0 Å². The fraction of sp³-hybridized carbons (Fsp3) is 0.500. The third-order valence-electron chi connectivity index (χ3n) is 2.87. The zero-order chi connectivity index (χ0) is 13.8. The highest BCUT2D eigenvalue weighted by Gasteiger charge is 2.24. The normalized spacial score (nSPS) is 13.2. The van der Waals surface area contributed by atoms with Gasteiger partial charge in [0.15, 0.2) is 0 Å². The van der Waals surface area contributed by atoms with Crippen LogP contribution in [-0.2, 0) is 11.2 Å². The Hall–Kier alpha value is -0.870. The maximum Gasteiger partial charge on any atom is 0.224 e. The van der Waals surface area contributed by atoms with E-state index in [1.54, 1.807) is 0 Å². The van der Waals surface area contributed by atoms with E-state index < -0.39 is 0 Å². The number of hydrogen-bond acceptors (Lipinski definition) is 2. The van der Waals surface area contributed by atoms with Gasteiger partial charge in [-0.15, -0.1) is 0 Å². The molecule has 1 aromatic carbocycles. The van der Waals surface area contributed by atoms with Crippen molar-refractivity contribution in [2.24, 2.45) is 11.1 Å². The lowest BCUT2D eigenvalue weighted by atomic mass is 9.86. The number of benzene rings is 1. The highest BCUT2D eigenvalue weighted by molar-refractivity contribution is 9.10. The number of hydrogen-bond donors (Lipinski definition) is 2. The summed E-state index contributed by atoms with van der Waals surface area (Å²) in [6.07, 6.45) is 0.381. The second-order valence-corrected chi connectivity index (χ2v) is 6.44. The Kier molecular flexibility index (Phi) is 5.35. The fourth-order valence-corrected chi connectivity index (χ4v) is 2.15. The van der Waals surface area contributed by atoms with Gasteiger partial charge in [0.2, 0.25) is 5.91 Å². The number of carbonyl (C=O) groups is 1. The van der Waals surface area contributed by atoms with Crippen LogP contribution in [0.25, 0.3) is 0 Å². The van der Waals surface area contributed by atoms with Crippen LogP contribution in [0.15, 0.2) is 28.7 Å². The minimum absolute atomic E-state index is 0.00264. The van der Waals surface area contributed by atoms with Gasteiger partial charge in [-0.05, 0) is 23.1 Å². The first-order valence-electron chi connectivity index (χ1n) is 6.07. The molecule has 0 aliphatic rings. The predicted octanol–water partition coefficient (Wildman–Crippen LogP) is 2.48. The van der Waals surface area contributed by atoms with E-state index >= 15 is 0 Å². The molecule has 3 N–H and O–H groups in total. The van der Waals surface area contributed by atoms with E-state index in [0.717, 1.165) is 10.0 Å². The lowest BCUT2D eigenvalue weighted by Crippen LogP contribution is -2.48. The van der Waals surface area contributed by atoms with Crippen LogP contribution in [0.5, 0.6) is 0 Å². The van der Waals surface area contributed by atoms with E-state index in [0.29, 0.717) is 13.0 Å². The predicted molar refractivity (Wildman–Crippen MR) is 78.3 cm³/mol. The monoisotopic (exact) mass is 312 g/mol. The van der Waals surface area contributed by atoms with Gasteiger partial charge in [0, 0.05) is 17.1 Å². The number of amides is 1. The summed E-state index contributed by atoms with van der Waals surface area (Å²) >= 11 is 3.40. The molecule has 0 bridgehead atoms. The molecule has 1 unspecified atom stereocenters. The molecule has 1 atom stereocenters. The first-order chi connectivity index (χ1) is 8.32. The summed E-state index contributed by atoms with van der Waals surface area (Å²) < 4.78 is 0.985. The molecule has 3 nitrogen and oxygen atoms in total. The van der Waals surface area contributed by atoms with Crippen molar-refractivity contribution in [3.05, 3.63) is 34.3 Å². The van der Waals surface area contributed by atoms with Gasteiger partial charge < -0.3 is 11.1 Å². The van der Waals surface area contributed by atoms with Gasteiger partial charge in [0.25, 0.3) is 0 Å². The van der Waals surface area contributed by atoms with Gasteiger partial charge in [-0.2, -0.15) is 0 Å². The standard InChI is InChI=1S/C14H21BrN2O/c1-14(2,3)12(9-16)17-13(18)8-10-5-4-6-11(15)7-10/h4-7,12H,8-9,16H2,1-3H3,(H,17,18). The minimum Gasteiger partial charge on any atom is -0.351 e. The van der Waals surface area contributed by atoms with Crippen LogP contribution in [0, 0.1) is 5.41 Å². The van der Waals surface area contributed by atoms with Crippen molar-refractivity contribution >= 4 is 21.8 Å². The van der Waals surface area contributed by atoms with Crippen LogP contribution < -0.4 is 11.1 Å². The number of halogens is 1. The van der Waals surface area contributed by atoms with E-state index in [-0.39, 0.29) is 17.4 Å². The average Bonchev–Trinajstić information content (AvgIpc) is 2.24. The fourth-order valence-electron chi connectivity index (χ4n) is 1.71. The molecule has 100 valence electrons. The van der Waals surface area contributed by atoms with Crippen LogP contribution in [0.1, 0.15) is 26.3 Å². The van der Waals surface area contributed by atoms with Crippen LogP contribution >= 0.6 is 15.9 Å². The van der Waals surface area contributed by atoms with E-state index in [1.807, 2.05) is 24.3 Å². The Labute approximate surface area is 117 Å². The van der Waals surface area contributed by atoms with Crippen molar-refractivity contribution in [2.75, 3.05) is 6.54 Å². The molecule has 0 aliphatic carbocycles. The summed E-state index contributed by atoms with van der Waals surface area (Å²) in [5.74, 6) is 0.0125. The second-order valence-electron chi connectivity index (χ2n) is 5.53. The van der Waals surface area contributed by atoms with Crippen molar-refractivity contribution in [3.63, 3.8) is 0 Å². The number of nitrogens with two attached hydrogens (primary N) is 1. The van der Waals surface area contributed by atoms with Gasteiger partial charge in [0.05, 0.1) is 6.42 Å².